The predicted molar refractivity (Wildman–Crippen MR) is 142 cm³/mol. The molecule has 34 heavy (non-hydrogen) atoms. The van der Waals surface area contributed by atoms with E-state index in [-0.39, 0.29) is 57.4 Å². The van der Waals surface area contributed by atoms with Crippen molar-refractivity contribution in [2.24, 2.45) is 18.7 Å². The first-order valence-electron chi connectivity index (χ1n) is 11.8. The molecule has 1 aliphatic carbocycles. The minimum Gasteiger partial charge on any atom is -0.461 e. The van der Waals surface area contributed by atoms with Gasteiger partial charge in [-0.25, -0.2) is 0 Å². The molecular formula is C28H35KN4S. The first-order valence-corrected chi connectivity index (χ1v) is 12.7. The number of nitrogens with zero attached hydrogens (tertiary/aromatic N) is 3. The van der Waals surface area contributed by atoms with Crippen LogP contribution in [0.1, 0.15) is 48.9 Å². The Kier molecular flexibility index (Phi) is 13.0. The number of rotatable bonds is 7. The van der Waals surface area contributed by atoms with E-state index in [4.69, 9.17) is 11.1 Å². The summed E-state index contributed by atoms with van der Waals surface area (Å²) in [6.45, 7) is 0.567. The molecule has 3 aromatic rings. The second-order valence-corrected chi connectivity index (χ2v) is 8.65. The Hall–Kier alpha value is -1.04. The molecule has 6 heteroatoms. The maximum atomic E-state index is 9.30. The second kappa shape index (κ2) is 15.2. The summed E-state index contributed by atoms with van der Waals surface area (Å²) in [6.07, 6.45) is 9.02. The molecule has 0 saturated heterocycles. The van der Waals surface area contributed by atoms with Crippen molar-refractivity contribution in [1.29, 1.82) is 5.26 Å². The Morgan fingerprint density at radius 1 is 1.00 bits per heavy atom. The number of hydrogen-bond acceptors (Lipinski definition) is 3. The van der Waals surface area contributed by atoms with E-state index in [2.05, 4.69) is 67.2 Å². The average molecular weight is 499 g/mol. The van der Waals surface area contributed by atoms with Crippen molar-refractivity contribution in [3.8, 4) is 17.2 Å². The van der Waals surface area contributed by atoms with Crippen molar-refractivity contribution in [3.05, 3.63) is 82.8 Å². The van der Waals surface area contributed by atoms with Gasteiger partial charge in [0.15, 0.2) is 0 Å². The second-order valence-electron chi connectivity index (χ2n) is 8.65. The molecule has 2 aromatic carbocycles. The standard InChI is InChI=1S/C27H31N4.CH4S.K/c1-31-25(19-29)14-15-27(31)30-26(23-7-3-2-4-8-23)17-21-6-5-9-24(16-21)22-12-10-20(18-28)11-13-22;1-2;/h5-6,9-16,23,26H,2-4,7-8,17-18,28H2,1H3;2H,1H3;/q-1;;+1. The average Bonchev–Trinajstić information content (AvgIpc) is 3.24. The van der Waals surface area contributed by atoms with Gasteiger partial charge >= 0.3 is 51.4 Å². The maximum absolute atomic E-state index is 9.30. The van der Waals surface area contributed by atoms with Crippen LogP contribution in [0, 0.1) is 17.2 Å². The number of aromatic nitrogens is 1. The fourth-order valence-electron chi connectivity index (χ4n) is 4.70. The normalized spacial score (nSPS) is 14.2. The fourth-order valence-corrected chi connectivity index (χ4v) is 4.70. The summed E-state index contributed by atoms with van der Waals surface area (Å²) in [5.74, 6) is 1.50. The van der Waals surface area contributed by atoms with E-state index in [0.29, 0.717) is 18.2 Å². The van der Waals surface area contributed by atoms with Crippen LogP contribution in [-0.2, 0) is 20.0 Å². The topological polar surface area (TPSA) is 68.8 Å². The monoisotopic (exact) mass is 498 g/mol. The van der Waals surface area contributed by atoms with Crippen LogP contribution in [-0.4, -0.2) is 16.9 Å². The van der Waals surface area contributed by atoms with E-state index < -0.39 is 0 Å². The predicted octanol–water partition coefficient (Wildman–Crippen LogP) is 3.77. The van der Waals surface area contributed by atoms with Crippen LogP contribution in [0.4, 0.5) is 5.82 Å². The van der Waals surface area contributed by atoms with E-state index in [1.54, 1.807) is 6.26 Å². The Labute approximate surface area is 253 Å². The fraction of sp³-hybridized carbons (Fsp3) is 0.393. The van der Waals surface area contributed by atoms with Crippen LogP contribution in [0.25, 0.3) is 16.4 Å². The zero-order chi connectivity index (χ0) is 23.6. The third-order valence-electron chi connectivity index (χ3n) is 6.60. The van der Waals surface area contributed by atoms with Gasteiger partial charge in [-0.3, -0.25) is 0 Å². The molecule has 1 saturated carbocycles. The molecule has 2 N–H and O–H groups in total. The smallest absolute Gasteiger partial charge is 0.461 e. The maximum Gasteiger partial charge on any atom is 1.00 e. The summed E-state index contributed by atoms with van der Waals surface area (Å²) in [4.78, 5) is 0. The van der Waals surface area contributed by atoms with Crippen molar-refractivity contribution in [2.45, 2.75) is 51.1 Å². The molecular weight excluding hydrogens is 464 g/mol. The molecule has 4 nitrogen and oxygen atoms in total. The Balaban J connectivity index is 0.00000133. The van der Waals surface area contributed by atoms with Gasteiger partial charge in [0, 0.05) is 12.2 Å². The van der Waals surface area contributed by atoms with E-state index in [1.165, 1.54) is 48.8 Å². The van der Waals surface area contributed by atoms with Gasteiger partial charge in [-0.05, 0) is 53.0 Å². The molecule has 174 valence electrons. The van der Waals surface area contributed by atoms with Crippen LogP contribution in [0.15, 0.2) is 60.7 Å². The van der Waals surface area contributed by atoms with Gasteiger partial charge < -0.3 is 15.6 Å². The van der Waals surface area contributed by atoms with Gasteiger partial charge in [0.2, 0.25) is 0 Å². The molecule has 4 rings (SSSR count). The number of benzene rings is 2. The molecule has 1 aliphatic rings. The van der Waals surface area contributed by atoms with Crippen LogP contribution in [0.5, 0.6) is 0 Å². The van der Waals surface area contributed by atoms with Gasteiger partial charge in [0.1, 0.15) is 0 Å². The van der Waals surface area contributed by atoms with Gasteiger partial charge in [-0.2, -0.15) is 17.9 Å². The number of nitrogens with two attached hydrogens (primary N) is 1. The van der Waals surface area contributed by atoms with Crippen molar-refractivity contribution in [1.82, 2.24) is 4.57 Å². The Morgan fingerprint density at radius 2 is 1.71 bits per heavy atom. The van der Waals surface area contributed by atoms with Gasteiger partial charge in [0.05, 0.1) is 6.07 Å². The molecule has 1 aromatic heterocycles. The Morgan fingerprint density at radius 3 is 2.32 bits per heavy atom. The van der Waals surface area contributed by atoms with Crippen LogP contribution in [0.2, 0.25) is 0 Å². The third-order valence-corrected chi connectivity index (χ3v) is 6.60. The molecule has 0 aliphatic heterocycles. The minimum absolute atomic E-state index is 0. The molecule has 0 bridgehead atoms. The molecule has 1 fully saturated rings. The summed E-state index contributed by atoms with van der Waals surface area (Å²) in [7, 11) is 1.93. The molecule has 1 heterocycles. The number of hydrogen-bond donors (Lipinski definition) is 2. The van der Waals surface area contributed by atoms with E-state index in [0.717, 1.165) is 17.8 Å². The summed E-state index contributed by atoms with van der Waals surface area (Å²) in [6, 6.07) is 23.7. The van der Waals surface area contributed by atoms with Crippen molar-refractivity contribution >= 4 is 18.4 Å². The van der Waals surface area contributed by atoms with Gasteiger partial charge in [-0.1, -0.05) is 99.6 Å². The van der Waals surface area contributed by atoms with Gasteiger partial charge in [-0.15, -0.1) is 0 Å². The number of nitriles is 1. The van der Waals surface area contributed by atoms with Crippen LogP contribution < -0.4 is 57.1 Å². The van der Waals surface area contributed by atoms with Crippen LogP contribution >= 0.6 is 12.6 Å². The zero-order valence-corrected chi connectivity index (χ0v) is 24.8. The van der Waals surface area contributed by atoms with E-state index >= 15 is 0 Å². The summed E-state index contributed by atoms with van der Waals surface area (Å²) >= 11 is 3.53. The third kappa shape index (κ3) is 7.73. The molecule has 0 amide bonds. The zero-order valence-electron chi connectivity index (χ0n) is 20.7. The van der Waals surface area contributed by atoms with Crippen LogP contribution in [0.3, 0.4) is 0 Å². The molecule has 0 radical (unpaired) electrons. The summed E-state index contributed by atoms with van der Waals surface area (Å²) < 4.78 is 1.91. The van der Waals surface area contributed by atoms with Gasteiger partial charge in [0.25, 0.3) is 0 Å². The van der Waals surface area contributed by atoms with Crippen molar-refractivity contribution in [3.63, 3.8) is 0 Å². The van der Waals surface area contributed by atoms with E-state index in [9.17, 15) is 5.26 Å². The number of thiol groups is 1. The largest absolute Gasteiger partial charge is 1.00 e. The van der Waals surface area contributed by atoms with Crippen molar-refractivity contribution in [2.75, 3.05) is 6.26 Å². The Bertz CT molecular complexity index is 1050. The molecule has 1 atom stereocenters. The minimum atomic E-state index is 0. The first kappa shape index (κ1) is 29.2. The summed E-state index contributed by atoms with van der Waals surface area (Å²) in [5.41, 5.74) is 11.3. The molecule has 0 spiro atoms. The first-order chi connectivity index (χ1) is 16.2. The quantitative estimate of drug-likeness (QED) is 0.385. The van der Waals surface area contributed by atoms with E-state index in [1.807, 2.05) is 23.7 Å². The summed E-state index contributed by atoms with van der Waals surface area (Å²) in [5, 5.41) is 14.5. The molecule has 1 unspecified atom stereocenters. The SMILES string of the molecule is CS.Cn1c(C#N)ccc1[N-]C(Cc1cccc(-c2ccc(CN)cc2)c1)C1CCCCC1.[K+]. The van der Waals surface area contributed by atoms with Crippen molar-refractivity contribution < 1.29 is 51.4 Å².